The van der Waals surface area contributed by atoms with Gasteiger partial charge in [0, 0.05) is 29.9 Å². The monoisotopic (exact) mass is 482 g/mol. The highest BCUT2D eigenvalue weighted by Crippen LogP contribution is 2.46. The molecule has 1 unspecified atom stereocenters. The van der Waals surface area contributed by atoms with Gasteiger partial charge >= 0.3 is 5.97 Å². The number of aromatic nitrogens is 2. The van der Waals surface area contributed by atoms with E-state index in [-0.39, 0.29) is 19.2 Å². The molecule has 0 bridgehead atoms. The number of hydrogen-bond acceptors (Lipinski definition) is 7. The van der Waals surface area contributed by atoms with E-state index in [1.165, 1.54) is 5.69 Å². The van der Waals surface area contributed by atoms with Crippen LogP contribution in [-0.4, -0.2) is 57.9 Å². The van der Waals surface area contributed by atoms with Crippen molar-refractivity contribution in [3.05, 3.63) is 40.7 Å². The summed E-state index contributed by atoms with van der Waals surface area (Å²) in [7, 11) is 0. The maximum absolute atomic E-state index is 13.4. The molecule has 3 aliphatic rings. The molecular weight excluding hydrogens is 452 g/mol. The summed E-state index contributed by atoms with van der Waals surface area (Å²) in [6.07, 6.45) is 5.63. The number of nitrogens with zero attached hydrogens (tertiary/aromatic N) is 3. The summed E-state index contributed by atoms with van der Waals surface area (Å²) in [4.78, 5) is 40.6. The zero-order chi connectivity index (χ0) is 24.7. The lowest BCUT2D eigenvalue weighted by atomic mass is 10.0. The largest absolute Gasteiger partial charge is 0.459 e. The van der Waals surface area contributed by atoms with Gasteiger partial charge in [0.05, 0.1) is 6.20 Å². The molecule has 35 heavy (non-hydrogen) atoms. The molecular formula is C25H30N4O6. The smallest absolute Gasteiger partial charge is 0.325 e. The van der Waals surface area contributed by atoms with Crippen LogP contribution in [0, 0.1) is 0 Å². The van der Waals surface area contributed by atoms with Gasteiger partial charge in [-0.05, 0) is 64.2 Å². The van der Waals surface area contributed by atoms with Gasteiger partial charge in [0.15, 0.2) is 11.5 Å². The molecule has 3 aliphatic heterocycles. The van der Waals surface area contributed by atoms with Crippen molar-refractivity contribution in [2.24, 2.45) is 0 Å². The standard InChI is InChI=1S/C25H30N4O6/c1-25(2,3)35-19(30)13-26-23(31)21-20-16(7-8-18-22(20)34-14-33-18)24(32)28(21)11-9-15-12-27-29-10-5-4-6-17(15)29/h7-8,12,21H,4-6,9-11,13-14H2,1-3H3,(H,26,31). The van der Waals surface area contributed by atoms with E-state index in [0.29, 0.717) is 35.6 Å². The fourth-order valence-corrected chi connectivity index (χ4v) is 4.95. The normalized spacial score (nSPS) is 18.3. The number of carbonyl (C=O) groups is 3. The Hall–Kier alpha value is -3.56. The van der Waals surface area contributed by atoms with Crippen LogP contribution in [0.15, 0.2) is 18.3 Å². The van der Waals surface area contributed by atoms with E-state index in [0.717, 1.165) is 31.4 Å². The molecule has 5 rings (SSSR count). The minimum atomic E-state index is -0.942. The Morgan fingerprint density at radius 2 is 2.06 bits per heavy atom. The Kier molecular flexibility index (Phi) is 5.90. The van der Waals surface area contributed by atoms with Gasteiger partial charge in [-0.3, -0.25) is 19.1 Å². The SMILES string of the molecule is CC(C)(C)OC(=O)CNC(=O)C1c2c(ccc3c2OCO3)C(=O)N1CCc1cnn2c1CCCC2. The van der Waals surface area contributed by atoms with E-state index in [1.807, 2.05) is 10.9 Å². The average Bonchev–Trinajstić information content (AvgIpc) is 3.51. The number of hydrogen-bond donors (Lipinski definition) is 1. The Morgan fingerprint density at radius 3 is 2.86 bits per heavy atom. The third-order valence-corrected chi connectivity index (χ3v) is 6.42. The van der Waals surface area contributed by atoms with E-state index in [2.05, 4.69) is 10.4 Å². The molecule has 186 valence electrons. The molecule has 10 nitrogen and oxygen atoms in total. The second-order valence-electron chi connectivity index (χ2n) is 10.0. The summed E-state index contributed by atoms with van der Waals surface area (Å²) < 4.78 is 18.5. The number of amides is 2. The van der Waals surface area contributed by atoms with Crippen molar-refractivity contribution in [3.63, 3.8) is 0 Å². The molecule has 2 amide bonds. The van der Waals surface area contributed by atoms with E-state index >= 15 is 0 Å². The fraction of sp³-hybridized carbons (Fsp3) is 0.520. The Labute approximate surface area is 203 Å². The predicted octanol–water partition coefficient (Wildman–Crippen LogP) is 2.15. The van der Waals surface area contributed by atoms with Crippen LogP contribution in [0.1, 0.15) is 66.8 Å². The first-order valence-electron chi connectivity index (χ1n) is 12.0. The molecule has 4 heterocycles. The molecule has 0 saturated heterocycles. The number of aryl methyl sites for hydroxylation is 1. The topological polar surface area (TPSA) is 112 Å². The van der Waals surface area contributed by atoms with Crippen molar-refractivity contribution in [2.45, 2.75) is 64.6 Å². The Bertz CT molecular complexity index is 1180. The lowest BCUT2D eigenvalue weighted by Gasteiger charge is -2.25. The predicted molar refractivity (Wildman–Crippen MR) is 124 cm³/mol. The Balaban J connectivity index is 1.39. The third-order valence-electron chi connectivity index (χ3n) is 6.42. The molecule has 0 radical (unpaired) electrons. The number of nitrogens with one attached hydrogen (secondary N) is 1. The molecule has 0 spiro atoms. The van der Waals surface area contributed by atoms with Gasteiger partial charge in [0.1, 0.15) is 18.2 Å². The maximum Gasteiger partial charge on any atom is 0.325 e. The summed E-state index contributed by atoms with van der Waals surface area (Å²) in [5.41, 5.74) is 2.50. The summed E-state index contributed by atoms with van der Waals surface area (Å²) >= 11 is 0. The molecule has 1 aromatic carbocycles. The zero-order valence-electron chi connectivity index (χ0n) is 20.3. The quantitative estimate of drug-likeness (QED) is 0.628. The van der Waals surface area contributed by atoms with Gasteiger partial charge in [-0.15, -0.1) is 0 Å². The number of ether oxygens (including phenoxy) is 3. The fourth-order valence-electron chi connectivity index (χ4n) is 4.95. The second-order valence-corrected chi connectivity index (χ2v) is 10.0. The van der Waals surface area contributed by atoms with Crippen molar-refractivity contribution in [1.29, 1.82) is 0 Å². The molecule has 10 heteroatoms. The van der Waals surface area contributed by atoms with Gasteiger partial charge in [0.2, 0.25) is 12.7 Å². The lowest BCUT2D eigenvalue weighted by Crippen LogP contribution is -2.42. The van der Waals surface area contributed by atoms with Crippen molar-refractivity contribution < 1.29 is 28.6 Å². The van der Waals surface area contributed by atoms with E-state index in [9.17, 15) is 14.4 Å². The minimum absolute atomic E-state index is 0.0226. The van der Waals surface area contributed by atoms with Gasteiger partial charge < -0.3 is 24.4 Å². The van der Waals surface area contributed by atoms with Crippen molar-refractivity contribution in [1.82, 2.24) is 20.0 Å². The summed E-state index contributed by atoms with van der Waals surface area (Å²) in [6.45, 7) is 6.24. The first kappa shape index (κ1) is 23.2. The van der Waals surface area contributed by atoms with Crippen LogP contribution < -0.4 is 14.8 Å². The van der Waals surface area contributed by atoms with Gasteiger partial charge in [-0.2, -0.15) is 5.10 Å². The molecule has 1 atom stereocenters. The van der Waals surface area contributed by atoms with Gasteiger partial charge in [-0.1, -0.05) is 0 Å². The lowest BCUT2D eigenvalue weighted by molar-refractivity contribution is -0.154. The van der Waals surface area contributed by atoms with Gasteiger partial charge in [-0.25, -0.2) is 0 Å². The van der Waals surface area contributed by atoms with Crippen LogP contribution in [-0.2, 0) is 33.7 Å². The highest BCUT2D eigenvalue weighted by Gasteiger charge is 2.45. The first-order chi connectivity index (χ1) is 16.7. The molecule has 1 aromatic heterocycles. The van der Waals surface area contributed by atoms with Crippen molar-refractivity contribution in [3.8, 4) is 11.5 Å². The van der Waals surface area contributed by atoms with Crippen LogP contribution in [0.3, 0.4) is 0 Å². The number of rotatable bonds is 6. The van der Waals surface area contributed by atoms with Crippen LogP contribution in [0.25, 0.3) is 0 Å². The highest BCUT2D eigenvalue weighted by molar-refractivity contribution is 6.06. The molecule has 1 N–H and O–H groups in total. The van der Waals surface area contributed by atoms with Crippen LogP contribution in [0.4, 0.5) is 0 Å². The van der Waals surface area contributed by atoms with Crippen LogP contribution >= 0.6 is 0 Å². The summed E-state index contributed by atoms with van der Waals surface area (Å²) in [5.74, 6) is -0.375. The van der Waals surface area contributed by atoms with Crippen molar-refractivity contribution >= 4 is 17.8 Å². The first-order valence-corrected chi connectivity index (χ1v) is 12.0. The number of benzene rings is 1. The molecule has 0 fully saturated rings. The second kappa shape index (κ2) is 8.90. The highest BCUT2D eigenvalue weighted by atomic mass is 16.7. The van der Waals surface area contributed by atoms with E-state index in [4.69, 9.17) is 14.2 Å². The zero-order valence-corrected chi connectivity index (χ0v) is 20.3. The van der Waals surface area contributed by atoms with Gasteiger partial charge in [0.25, 0.3) is 5.91 Å². The van der Waals surface area contributed by atoms with Crippen molar-refractivity contribution in [2.75, 3.05) is 19.9 Å². The summed E-state index contributed by atoms with van der Waals surface area (Å²) in [5, 5.41) is 7.14. The van der Waals surface area contributed by atoms with E-state index < -0.39 is 23.5 Å². The number of fused-ring (bicyclic) bond motifs is 4. The van der Waals surface area contributed by atoms with E-state index in [1.54, 1.807) is 37.8 Å². The molecule has 0 aliphatic carbocycles. The number of esters is 1. The van der Waals surface area contributed by atoms with Crippen LogP contribution in [0.2, 0.25) is 0 Å². The minimum Gasteiger partial charge on any atom is -0.459 e. The average molecular weight is 483 g/mol. The Morgan fingerprint density at radius 1 is 1.23 bits per heavy atom. The summed E-state index contributed by atoms with van der Waals surface area (Å²) in [6, 6.07) is 2.41. The molecule has 2 aromatic rings. The maximum atomic E-state index is 13.4. The van der Waals surface area contributed by atoms with Crippen LogP contribution in [0.5, 0.6) is 11.5 Å². The number of carbonyl (C=O) groups excluding carboxylic acids is 3. The molecule has 0 saturated carbocycles. The third kappa shape index (κ3) is 4.44.